The molecule has 100 heavy (non-hydrogen) atoms. The Balaban J connectivity index is 0.000000133. The van der Waals surface area contributed by atoms with E-state index in [-0.39, 0.29) is 0 Å². The highest BCUT2D eigenvalue weighted by molar-refractivity contribution is 6.17. The zero-order valence-corrected chi connectivity index (χ0v) is 54.4. The highest BCUT2D eigenvalue weighted by Gasteiger charge is 2.20. The lowest BCUT2D eigenvalue weighted by atomic mass is 10.0. The summed E-state index contributed by atoms with van der Waals surface area (Å²) >= 11 is 0. The second kappa shape index (κ2) is 22.1. The summed E-state index contributed by atoms with van der Waals surface area (Å²) in [5, 5.41) is 25.4. The number of fused-ring (bicyclic) bond motifs is 21. The Bertz CT molecular complexity index is 6920. The van der Waals surface area contributed by atoms with Gasteiger partial charge in [-0.25, -0.2) is 0 Å². The van der Waals surface area contributed by atoms with E-state index in [1.165, 1.54) is 197 Å². The molecule has 18 aromatic carbocycles. The molecule has 0 amide bonds. The molecule has 22 rings (SSSR count). The predicted molar refractivity (Wildman–Crippen MR) is 426 cm³/mol. The minimum absolute atomic E-state index is 1.17. The Hall–Kier alpha value is -13.3. The fraction of sp³-hybridized carbons (Fsp3) is 0. The molecule has 0 saturated heterocycles. The van der Waals surface area contributed by atoms with E-state index >= 15 is 0 Å². The molecule has 0 saturated carbocycles. The van der Waals surface area contributed by atoms with Crippen molar-refractivity contribution in [3.05, 3.63) is 364 Å². The van der Waals surface area contributed by atoms with Crippen molar-refractivity contribution in [2.24, 2.45) is 0 Å². The number of para-hydroxylation sites is 5. The summed E-state index contributed by atoms with van der Waals surface area (Å²) in [5.74, 6) is 0. The highest BCUT2D eigenvalue weighted by Crippen LogP contribution is 2.43. The van der Waals surface area contributed by atoms with Crippen LogP contribution in [0.3, 0.4) is 0 Å². The quantitative estimate of drug-likeness (QED) is 0.148. The van der Waals surface area contributed by atoms with Gasteiger partial charge in [0.2, 0.25) is 0 Å². The third-order valence-corrected chi connectivity index (χ3v) is 21.3. The van der Waals surface area contributed by atoms with E-state index in [4.69, 9.17) is 0 Å². The van der Waals surface area contributed by atoms with Gasteiger partial charge in [0.05, 0.1) is 44.1 Å². The molecular weight excluding hydrogens is 1210 g/mol. The standard InChI is InChI=1S/C52H32N2.C44H28N2/c1-3-11-41-33(9-1)17-19-37-29-39(23-25-43(37)41)53-49-15-7-5-13-45(49)47-31-35(21-27-51(47)53)36-22-28-52-48(32-36)46-14-6-8-16-50(46)54(52)40-24-26-44-38(30-40)20-18-34-10-2-4-12-42(34)44;1-2-11-33(12-3-1)45-41-16-8-6-14-37(41)39-27-30(20-24-43(39)45)31-21-25-44-40(28-31)38-15-7-9-17-42(38)46(44)34-22-23-36-32(26-34)19-18-29-10-4-5-13-35(29)36/h1-32H;1-28H. The van der Waals surface area contributed by atoms with Crippen LogP contribution in [0, 0.1) is 0 Å². The van der Waals surface area contributed by atoms with Crippen LogP contribution in [0.2, 0.25) is 0 Å². The summed E-state index contributed by atoms with van der Waals surface area (Å²) in [7, 11) is 0. The molecule has 4 heteroatoms. The maximum Gasteiger partial charge on any atom is 0.0541 e. The van der Waals surface area contributed by atoms with Crippen LogP contribution in [-0.2, 0) is 0 Å². The van der Waals surface area contributed by atoms with Gasteiger partial charge < -0.3 is 18.3 Å². The lowest BCUT2D eigenvalue weighted by Crippen LogP contribution is -1.94. The molecule has 0 aliphatic carbocycles. The van der Waals surface area contributed by atoms with E-state index < -0.39 is 0 Å². The maximum atomic E-state index is 2.42. The van der Waals surface area contributed by atoms with Gasteiger partial charge in [-0.2, -0.15) is 0 Å². The first-order chi connectivity index (χ1) is 49.6. The van der Waals surface area contributed by atoms with Crippen LogP contribution in [0.25, 0.3) is 197 Å². The monoisotopic (exact) mass is 1270 g/mol. The minimum atomic E-state index is 1.17. The molecular formula is C96H60N4. The molecule has 464 valence electrons. The Morgan fingerprint density at radius 3 is 0.660 bits per heavy atom. The zero-order valence-electron chi connectivity index (χ0n) is 54.4. The molecule has 0 bridgehead atoms. The lowest BCUT2D eigenvalue weighted by Gasteiger charge is -2.12. The average molecular weight is 1270 g/mol. The molecule has 4 nitrogen and oxygen atoms in total. The number of nitrogens with zero attached hydrogens (tertiary/aromatic N) is 4. The second-order valence-corrected chi connectivity index (χ2v) is 26.7. The van der Waals surface area contributed by atoms with Gasteiger partial charge in [-0.1, -0.05) is 243 Å². The van der Waals surface area contributed by atoms with E-state index in [9.17, 15) is 0 Å². The van der Waals surface area contributed by atoms with Crippen molar-refractivity contribution < 1.29 is 0 Å². The molecule has 4 aromatic heterocycles. The van der Waals surface area contributed by atoms with E-state index in [1.54, 1.807) is 0 Å². The maximum absolute atomic E-state index is 2.42. The van der Waals surface area contributed by atoms with E-state index in [0.717, 1.165) is 0 Å². The van der Waals surface area contributed by atoms with Crippen LogP contribution in [0.15, 0.2) is 364 Å². The molecule has 0 unspecified atom stereocenters. The Labute approximate surface area is 575 Å². The molecule has 22 aromatic rings. The SMILES string of the molecule is c1ccc(-n2c3ccccc3c3cc(-c4ccc5c(c4)c4ccccc4n5-c4ccc5c(ccc6ccccc65)c4)ccc32)cc1.c1ccc2c(c1)ccc1cc(-n3c4ccccc4c4cc(-c5ccc6c(c5)c5ccccc5n6-c5ccc6c(ccc7ccccc76)c5)ccc43)ccc12. The number of hydrogen-bond donors (Lipinski definition) is 0. The Morgan fingerprint density at radius 2 is 0.350 bits per heavy atom. The third kappa shape index (κ3) is 8.67. The lowest BCUT2D eigenvalue weighted by molar-refractivity contribution is 1.18. The summed E-state index contributed by atoms with van der Waals surface area (Å²) in [5.41, 5.74) is 19.3. The smallest absolute Gasteiger partial charge is 0.0541 e. The van der Waals surface area contributed by atoms with Crippen LogP contribution in [0.4, 0.5) is 0 Å². The van der Waals surface area contributed by atoms with Gasteiger partial charge in [-0.3, -0.25) is 0 Å². The molecule has 0 spiro atoms. The fourth-order valence-corrected chi connectivity index (χ4v) is 16.7. The van der Waals surface area contributed by atoms with Gasteiger partial charge in [-0.05, 0) is 208 Å². The predicted octanol–water partition coefficient (Wildman–Crippen LogP) is 26.0. The summed E-state index contributed by atoms with van der Waals surface area (Å²) < 4.78 is 9.63. The molecule has 0 fully saturated rings. The van der Waals surface area contributed by atoms with Crippen molar-refractivity contribution in [2.45, 2.75) is 0 Å². The first-order valence-electron chi connectivity index (χ1n) is 34.5. The van der Waals surface area contributed by atoms with Crippen LogP contribution in [-0.4, -0.2) is 18.3 Å². The molecule has 0 aliphatic rings. The van der Waals surface area contributed by atoms with Crippen LogP contribution < -0.4 is 0 Å². The van der Waals surface area contributed by atoms with E-state index in [1.807, 2.05) is 0 Å². The summed E-state index contributed by atoms with van der Waals surface area (Å²) in [4.78, 5) is 0. The third-order valence-electron chi connectivity index (χ3n) is 21.3. The molecule has 0 aliphatic heterocycles. The molecule has 0 radical (unpaired) electrons. The molecule has 4 heterocycles. The van der Waals surface area contributed by atoms with Crippen molar-refractivity contribution >= 4 is 152 Å². The van der Waals surface area contributed by atoms with Crippen molar-refractivity contribution in [1.29, 1.82) is 0 Å². The van der Waals surface area contributed by atoms with Gasteiger partial charge in [0, 0.05) is 65.8 Å². The molecule has 0 atom stereocenters. The van der Waals surface area contributed by atoms with E-state index in [0.29, 0.717) is 0 Å². The summed E-state index contributed by atoms with van der Waals surface area (Å²) in [6.45, 7) is 0. The van der Waals surface area contributed by atoms with Crippen molar-refractivity contribution in [1.82, 2.24) is 18.3 Å². The van der Waals surface area contributed by atoms with Crippen LogP contribution in [0.1, 0.15) is 0 Å². The first kappa shape index (κ1) is 55.9. The Morgan fingerprint density at radius 1 is 0.120 bits per heavy atom. The zero-order chi connectivity index (χ0) is 65.5. The van der Waals surface area contributed by atoms with Crippen LogP contribution in [0.5, 0.6) is 0 Å². The van der Waals surface area contributed by atoms with Crippen molar-refractivity contribution in [2.75, 3.05) is 0 Å². The van der Waals surface area contributed by atoms with Gasteiger partial charge in [0.15, 0.2) is 0 Å². The van der Waals surface area contributed by atoms with Crippen molar-refractivity contribution in [3.63, 3.8) is 0 Å². The topological polar surface area (TPSA) is 19.7 Å². The molecule has 0 N–H and O–H groups in total. The number of hydrogen-bond acceptors (Lipinski definition) is 0. The first-order valence-corrected chi connectivity index (χ1v) is 34.5. The van der Waals surface area contributed by atoms with Gasteiger partial charge in [-0.15, -0.1) is 0 Å². The largest absolute Gasteiger partial charge is 0.309 e. The summed E-state index contributed by atoms with van der Waals surface area (Å²) in [6, 6.07) is 134. The number of aromatic nitrogens is 4. The summed E-state index contributed by atoms with van der Waals surface area (Å²) in [6.07, 6.45) is 0. The normalized spacial score (nSPS) is 12.0. The van der Waals surface area contributed by atoms with Gasteiger partial charge in [0.1, 0.15) is 0 Å². The van der Waals surface area contributed by atoms with Crippen LogP contribution >= 0.6 is 0 Å². The highest BCUT2D eigenvalue weighted by atomic mass is 15.0. The van der Waals surface area contributed by atoms with Gasteiger partial charge in [0.25, 0.3) is 0 Å². The van der Waals surface area contributed by atoms with E-state index in [2.05, 4.69) is 382 Å². The van der Waals surface area contributed by atoms with Crippen molar-refractivity contribution in [3.8, 4) is 45.0 Å². The number of benzene rings is 18. The van der Waals surface area contributed by atoms with Gasteiger partial charge >= 0.3 is 0 Å². The Kier molecular flexibility index (Phi) is 12.4. The minimum Gasteiger partial charge on any atom is -0.309 e. The second-order valence-electron chi connectivity index (χ2n) is 26.7. The number of rotatable bonds is 6. The fourth-order valence-electron chi connectivity index (χ4n) is 16.7. The average Bonchev–Trinajstić information content (AvgIpc) is 1.58.